The molecule has 1 amide bonds. The smallest absolute Gasteiger partial charge is 0.221 e. The second kappa shape index (κ2) is 7.41. The van der Waals surface area contributed by atoms with E-state index < -0.39 is 0 Å². The molecule has 0 saturated heterocycles. The summed E-state index contributed by atoms with van der Waals surface area (Å²) in [4.78, 5) is 14.2. The summed E-state index contributed by atoms with van der Waals surface area (Å²) in [5.41, 5.74) is 8.71. The largest absolute Gasteiger partial charge is 0.356 e. The molecule has 4 nitrogen and oxygen atoms in total. The molecule has 1 atom stereocenters. The molecule has 1 aliphatic rings. The molecule has 1 heterocycles. The highest BCUT2D eigenvalue weighted by Gasteiger charge is 2.22. The predicted octanol–water partition coefficient (Wildman–Crippen LogP) is 1.29. The van der Waals surface area contributed by atoms with Crippen molar-refractivity contribution in [3.8, 4) is 0 Å². The standard InChI is InChI=1S/C16H25N3O/c1-2-18-16(20)10-15(11-17)19-9-5-8-13-6-3-4-7-14(13)12-19/h3-4,6-7,15H,2,5,8-12,17H2,1H3,(H,18,20). The minimum atomic E-state index is 0.0977. The first-order valence-electron chi connectivity index (χ1n) is 7.52. The molecule has 0 aromatic heterocycles. The van der Waals surface area contributed by atoms with Crippen molar-refractivity contribution in [2.75, 3.05) is 19.6 Å². The van der Waals surface area contributed by atoms with E-state index in [2.05, 4.69) is 34.5 Å². The summed E-state index contributed by atoms with van der Waals surface area (Å²) in [6.45, 7) is 5.06. The second-order valence-corrected chi connectivity index (χ2v) is 5.39. The van der Waals surface area contributed by atoms with Gasteiger partial charge in [0.2, 0.25) is 5.91 Å². The molecule has 0 spiro atoms. The van der Waals surface area contributed by atoms with E-state index in [1.807, 2.05) is 6.92 Å². The average Bonchev–Trinajstić information content (AvgIpc) is 2.67. The normalized spacial score (nSPS) is 17.1. The molecule has 0 fully saturated rings. The number of nitrogens with one attached hydrogen (secondary N) is 1. The van der Waals surface area contributed by atoms with Crippen molar-refractivity contribution in [2.24, 2.45) is 5.73 Å². The maximum Gasteiger partial charge on any atom is 0.221 e. The Labute approximate surface area is 121 Å². The second-order valence-electron chi connectivity index (χ2n) is 5.39. The van der Waals surface area contributed by atoms with Gasteiger partial charge in [0.15, 0.2) is 0 Å². The van der Waals surface area contributed by atoms with E-state index in [4.69, 9.17) is 5.73 Å². The van der Waals surface area contributed by atoms with Crippen LogP contribution in [-0.2, 0) is 17.8 Å². The van der Waals surface area contributed by atoms with E-state index in [1.165, 1.54) is 11.1 Å². The van der Waals surface area contributed by atoms with Crippen molar-refractivity contribution in [2.45, 2.75) is 38.8 Å². The van der Waals surface area contributed by atoms with Gasteiger partial charge >= 0.3 is 0 Å². The van der Waals surface area contributed by atoms with Gasteiger partial charge in [-0.2, -0.15) is 0 Å². The lowest BCUT2D eigenvalue weighted by molar-refractivity contribution is -0.122. The minimum absolute atomic E-state index is 0.0977. The van der Waals surface area contributed by atoms with Gasteiger partial charge in [-0.15, -0.1) is 0 Å². The van der Waals surface area contributed by atoms with Gasteiger partial charge in [0.25, 0.3) is 0 Å². The van der Waals surface area contributed by atoms with Crippen LogP contribution in [0.5, 0.6) is 0 Å². The van der Waals surface area contributed by atoms with E-state index in [0.717, 1.165) is 25.9 Å². The van der Waals surface area contributed by atoms with Crippen molar-refractivity contribution in [1.29, 1.82) is 0 Å². The van der Waals surface area contributed by atoms with Crippen molar-refractivity contribution in [3.63, 3.8) is 0 Å². The van der Waals surface area contributed by atoms with Crippen LogP contribution in [0.4, 0.5) is 0 Å². The topological polar surface area (TPSA) is 58.4 Å². The Morgan fingerprint density at radius 2 is 2.15 bits per heavy atom. The van der Waals surface area contributed by atoms with Gasteiger partial charge in [0.05, 0.1) is 0 Å². The Hall–Kier alpha value is -1.39. The van der Waals surface area contributed by atoms with Gasteiger partial charge in [-0.1, -0.05) is 24.3 Å². The fourth-order valence-electron chi connectivity index (χ4n) is 2.88. The molecule has 4 heteroatoms. The number of nitrogens with zero attached hydrogens (tertiary/aromatic N) is 1. The number of rotatable bonds is 5. The molecule has 110 valence electrons. The van der Waals surface area contributed by atoms with Gasteiger partial charge in [-0.25, -0.2) is 0 Å². The Morgan fingerprint density at radius 3 is 2.85 bits per heavy atom. The molecular weight excluding hydrogens is 250 g/mol. The van der Waals surface area contributed by atoms with Crippen LogP contribution in [0.3, 0.4) is 0 Å². The number of hydrogen-bond acceptors (Lipinski definition) is 3. The highest BCUT2D eigenvalue weighted by atomic mass is 16.1. The molecule has 2 rings (SSSR count). The van der Waals surface area contributed by atoms with E-state index in [-0.39, 0.29) is 11.9 Å². The Balaban J connectivity index is 2.05. The lowest BCUT2D eigenvalue weighted by atomic mass is 10.0. The molecular formula is C16H25N3O. The monoisotopic (exact) mass is 275 g/mol. The van der Waals surface area contributed by atoms with Crippen LogP contribution in [-0.4, -0.2) is 36.5 Å². The van der Waals surface area contributed by atoms with E-state index >= 15 is 0 Å². The van der Waals surface area contributed by atoms with Crippen molar-refractivity contribution in [1.82, 2.24) is 10.2 Å². The van der Waals surface area contributed by atoms with Crippen LogP contribution in [0.2, 0.25) is 0 Å². The molecule has 0 radical (unpaired) electrons. The molecule has 0 bridgehead atoms. The van der Waals surface area contributed by atoms with Crippen LogP contribution in [0, 0.1) is 0 Å². The van der Waals surface area contributed by atoms with Crippen LogP contribution < -0.4 is 11.1 Å². The number of hydrogen-bond donors (Lipinski definition) is 2. The number of aryl methyl sites for hydroxylation is 1. The highest BCUT2D eigenvalue weighted by Crippen LogP contribution is 2.20. The van der Waals surface area contributed by atoms with Gasteiger partial charge in [-0.3, -0.25) is 9.69 Å². The summed E-state index contributed by atoms with van der Waals surface area (Å²) in [7, 11) is 0. The number of fused-ring (bicyclic) bond motifs is 1. The van der Waals surface area contributed by atoms with Gasteiger partial charge < -0.3 is 11.1 Å². The number of carbonyl (C=O) groups excluding carboxylic acids is 1. The predicted molar refractivity (Wildman–Crippen MR) is 81.3 cm³/mol. The molecule has 1 aromatic carbocycles. The maximum atomic E-state index is 11.8. The Kier molecular flexibility index (Phi) is 5.56. The quantitative estimate of drug-likeness (QED) is 0.851. The molecule has 0 aliphatic carbocycles. The third kappa shape index (κ3) is 3.81. The Morgan fingerprint density at radius 1 is 1.40 bits per heavy atom. The minimum Gasteiger partial charge on any atom is -0.356 e. The van der Waals surface area contributed by atoms with Crippen molar-refractivity contribution in [3.05, 3.63) is 35.4 Å². The van der Waals surface area contributed by atoms with Gasteiger partial charge in [0, 0.05) is 32.1 Å². The number of carbonyl (C=O) groups is 1. The first kappa shape index (κ1) is 15.0. The fourth-order valence-corrected chi connectivity index (χ4v) is 2.88. The highest BCUT2D eigenvalue weighted by molar-refractivity contribution is 5.76. The number of benzene rings is 1. The number of nitrogens with two attached hydrogens (primary N) is 1. The zero-order chi connectivity index (χ0) is 14.4. The van der Waals surface area contributed by atoms with E-state index in [9.17, 15) is 4.79 Å². The van der Waals surface area contributed by atoms with Crippen LogP contribution in [0.15, 0.2) is 24.3 Å². The van der Waals surface area contributed by atoms with Crippen molar-refractivity contribution < 1.29 is 4.79 Å². The van der Waals surface area contributed by atoms with Crippen LogP contribution in [0.25, 0.3) is 0 Å². The molecule has 1 unspecified atom stereocenters. The molecule has 0 saturated carbocycles. The molecule has 1 aliphatic heterocycles. The van der Waals surface area contributed by atoms with Crippen LogP contribution in [0.1, 0.15) is 30.9 Å². The fraction of sp³-hybridized carbons (Fsp3) is 0.562. The number of amides is 1. The summed E-state index contributed by atoms with van der Waals surface area (Å²) in [6.07, 6.45) is 2.74. The van der Waals surface area contributed by atoms with Crippen LogP contribution >= 0.6 is 0 Å². The first-order valence-corrected chi connectivity index (χ1v) is 7.52. The molecule has 1 aromatic rings. The first-order chi connectivity index (χ1) is 9.74. The van der Waals surface area contributed by atoms with Gasteiger partial charge in [-0.05, 0) is 37.4 Å². The SMILES string of the molecule is CCNC(=O)CC(CN)N1CCCc2ccccc2C1. The van der Waals surface area contributed by atoms with E-state index in [1.54, 1.807) is 0 Å². The third-order valence-electron chi connectivity index (χ3n) is 3.97. The third-order valence-corrected chi connectivity index (χ3v) is 3.97. The lowest BCUT2D eigenvalue weighted by Crippen LogP contribution is -2.43. The van der Waals surface area contributed by atoms with Gasteiger partial charge in [0.1, 0.15) is 0 Å². The summed E-state index contributed by atoms with van der Waals surface area (Å²) in [5.74, 6) is 0.0977. The average molecular weight is 275 g/mol. The lowest BCUT2D eigenvalue weighted by Gasteiger charge is -2.29. The molecule has 3 N–H and O–H groups in total. The summed E-state index contributed by atoms with van der Waals surface area (Å²) >= 11 is 0. The maximum absolute atomic E-state index is 11.8. The Bertz CT molecular complexity index is 447. The summed E-state index contributed by atoms with van der Waals surface area (Å²) < 4.78 is 0. The summed E-state index contributed by atoms with van der Waals surface area (Å²) in [5, 5.41) is 2.86. The van der Waals surface area contributed by atoms with Crippen molar-refractivity contribution >= 4 is 5.91 Å². The summed E-state index contributed by atoms with van der Waals surface area (Å²) in [6, 6.07) is 8.72. The zero-order valence-electron chi connectivity index (χ0n) is 12.3. The zero-order valence-corrected chi connectivity index (χ0v) is 12.3. The van der Waals surface area contributed by atoms with E-state index in [0.29, 0.717) is 19.5 Å². The molecule has 20 heavy (non-hydrogen) atoms.